The number of fused-ring (bicyclic) bond motifs is 1. The standard InChI is InChI=1S/C16H21N3/c1-11(12-4-2-3-5-12)19-16-7-6-15(17)14-10-18-9-8-13(14)16/h6-12,19H,2-5,17H2,1H3. The summed E-state index contributed by atoms with van der Waals surface area (Å²) in [4.78, 5) is 4.16. The van der Waals surface area contributed by atoms with Crippen molar-refractivity contribution in [3.8, 4) is 0 Å². The third-order valence-electron chi connectivity index (χ3n) is 4.34. The molecule has 0 radical (unpaired) electrons. The number of benzene rings is 1. The maximum atomic E-state index is 6.01. The van der Waals surface area contributed by atoms with Gasteiger partial charge >= 0.3 is 0 Å². The summed E-state index contributed by atoms with van der Waals surface area (Å²) in [6.07, 6.45) is 9.13. The monoisotopic (exact) mass is 255 g/mol. The van der Waals surface area contributed by atoms with Gasteiger partial charge in [0.15, 0.2) is 0 Å². The first-order valence-corrected chi connectivity index (χ1v) is 7.14. The number of anilines is 2. The lowest BCUT2D eigenvalue weighted by Crippen LogP contribution is -2.23. The summed E-state index contributed by atoms with van der Waals surface area (Å²) in [5, 5.41) is 5.87. The van der Waals surface area contributed by atoms with Gasteiger partial charge in [-0.2, -0.15) is 0 Å². The molecule has 19 heavy (non-hydrogen) atoms. The largest absolute Gasteiger partial charge is 0.398 e. The molecule has 2 aromatic rings. The van der Waals surface area contributed by atoms with E-state index in [-0.39, 0.29) is 0 Å². The van der Waals surface area contributed by atoms with Crippen molar-refractivity contribution >= 4 is 22.1 Å². The number of nitrogens with zero attached hydrogens (tertiary/aromatic N) is 1. The zero-order chi connectivity index (χ0) is 13.2. The molecule has 3 heteroatoms. The zero-order valence-electron chi connectivity index (χ0n) is 11.4. The minimum Gasteiger partial charge on any atom is -0.398 e. The Labute approximate surface area is 114 Å². The van der Waals surface area contributed by atoms with Crippen LogP contribution in [-0.4, -0.2) is 11.0 Å². The number of pyridine rings is 1. The number of hydrogen-bond acceptors (Lipinski definition) is 3. The molecule has 3 rings (SSSR count). The van der Waals surface area contributed by atoms with Crippen molar-refractivity contribution in [1.82, 2.24) is 4.98 Å². The van der Waals surface area contributed by atoms with Crippen molar-refractivity contribution in [3.05, 3.63) is 30.6 Å². The van der Waals surface area contributed by atoms with E-state index in [1.54, 1.807) is 0 Å². The predicted molar refractivity (Wildman–Crippen MR) is 81.2 cm³/mol. The van der Waals surface area contributed by atoms with Crippen LogP contribution in [0.4, 0.5) is 11.4 Å². The third-order valence-corrected chi connectivity index (χ3v) is 4.34. The Balaban J connectivity index is 1.90. The highest BCUT2D eigenvalue weighted by atomic mass is 14.9. The van der Waals surface area contributed by atoms with Crippen LogP contribution in [-0.2, 0) is 0 Å². The van der Waals surface area contributed by atoms with E-state index in [0.29, 0.717) is 6.04 Å². The molecule has 1 atom stereocenters. The first kappa shape index (κ1) is 12.3. The molecule has 3 N–H and O–H groups in total. The van der Waals surface area contributed by atoms with Crippen LogP contribution in [0.2, 0.25) is 0 Å². The molecular formula is C16H21N3. The van der Waals surface area contributed by atoms with Crippen molar-refractivity contribution in [1.29, 1.82) is 0 Å². The number of nitrogens with one attached hydrogen (secondary N) is 1. The highest BCUT2D eigenvalue weighted by Gasteiger charge is 2.21. The third kappa shape index (κ3) is 2.37. The summed E-state index contributed by atoms with van der Waals surface area (Å²) in [6, 6.07) is 6.61. The van der Waals surface area contributed by atoms with Crippen LogP contribution in [0, 0.1) is 5.92 Å². The second-order valence-electron chi connectivity index (χ2n) is 5.60. The van der Waals surface area contributed by atoms with Gasteiger partial charge in [0.25, 0.3) is 0 Å². The molecule has 1 heterocycles. The first-order chi connectivity index (χ1) is 9.25. The average molecular weight is 255 g/mol. The van der Waals surface area contributed by atoms with Gasteiger partial charge in [-0.15, -0.1) is 0 Å². The van der Waals surface area contributed by atoms with Crippen molar-refractivity contribution in [2.45, 2.75) is 38.6 Å². The molecule has 1 aromatic heterocycles. The fourth-order valence-corrected chi connectivity index (χ4v) is 3.16. The minimum absolute atomic E-state index is 0.516. The Kier molecular flexibility index (Phi) is 3.28. The molecule has 1 fully saturated rings. The minimum atomic E-state index is 0.516. The van der Waals surface area contributed by atoms with Crippen LogP contribution in [0.3, 0.4) is 0 Å². The highest BCUT2D eigenvalue weighted by Crippen LogP contribution is 2.32. The molecule has 0 spiro atoms. The summed E-state index contributed by atoms with van der Waals surface area (Å²) in [5.41, 5.74) is 7.98. The first-order valence-electron chi connectivity index (χ1n) is 7.14. The maximum Gasteiger partial charge on any atom is 0.0424 e. The smallest absolute Gasteiger partial charge is 0.0424 e. The van der Waals surface area contributed by atoms with Gasteiger partial charge in [0.1, 0.15) is 0 Å². The number of aromatic nitrogens is 1. The second-order valence-corrected chi connectivity index (χ2v) is 5.60. The summed E-state index contributed by atoms with van der Waals surface area (Å²) in [6.45, 7) is 2.29. The van der Waals surface area contributed by atoms with Crippen molar-refractivity contribution in [3.63, 3.8) is 0 Å². The van der Waals surface area contributed by atoms with E-state index in [9.17, 15) is 0 Å². The van der Waals surface area contributed by atoms with E-state index >= 15 is 0 Å². The molecule has 1 saturated carbocycles. The normalized spacial score (nSPS) is 17.7. The molecule has 0 aliphatic heterocycles. The predicted octanol–water partition coefficient (Wildman–Crippen LogP) is 3.81. The number of nitrogens with two attached hydrogens (primary N) is 1. The Morgan fingerprint density at radius 3 is 2.79 bits per heavy atom. The fraction of sp³-hybridized carbons (Fsp3) is 0.438. The molecule has 0 saturated heterocycles. The van der Waals surface area contributed by atoms with Crippen molar-refractivity contribution < 1.29 is 0 Å². The second kappa shape index (κ2) is 5.08. The van der Waals surface area contributed by atoms with E-state index in [4.69, 9.17) is 5.73 Å². The SMILES string of the molecule is CC(Nc1ccc(N)c2cnccc12)C1CCCC1. The summed E-state index contributed by atoms with van der Waals surface area (Å²) in [5.74, 6) is 0.800. The summed E-state index contributed by atoms with van der Waals surface area (Å²) >= 11 is 0. The number of hydrogen-bond donors (Lipinski definition) is 2. The topological polar surface area (TPSA) is 50.9 Å². The van der Waals surface area contributed by atoms with Gasteiger partial charge in [-0.25, -0.2) is 0 Å². The van der Waals surface area contributed by atoms with E-state index in [1.165, 1.54) is 36.8 Å². The number of rotatable bonds is 3. The quantitative estimate of drug-likeness (QED) is 0.820. The molecule has 1 aliphatic carbocycles. The van der Waals surface area contributed by atoms with E-state index < -0.39 is 0 Å². The lowest BCUT2D eigenvalue weighted by atomic mass is 9.99. The fourth-order valence-electron chi connectivity index (χ4n) is 3.16. The Morgan fingerprint density at radius 2 is 2.00 bits per heavy atom. The molecule has 100 valence electrons. The Morgan fingerprint density at radius 1 is 1.21 bits per heavy atom. The van der Waals surface area contributed by atoms with Crippen LogP contribution in [0.1, 0.15) is 32.6 Å². The molecule has 1 aromatic carbocycles. The Bertz CT molecular complexity index is 573. The van der Waals surface area contributed by atoms with Gasteiger partial charge in [-0.05, 0) is 43.9 Å². The maximum absolute atomic E-state index is 6.01. The van der Waals surface area contributed by atoms with Gasteiger partial charge < -0.3 is 11.1 Å². The molecule has 0 amide bonds. The van der Waals surface area contributed by atoms with Crippen LogP contribution < -0.4 is 11.1 Å². The zero-order valence-corrected chi connectivity index (χ0v) is 11.4. The van der Waals surface area contributed by atoms with E-state index in [0.717, 1.165) is 17.0 Å². The molecule has 1 unspecified atom stereocenters. The van der Waals surface area contributed by atoms with Crippen molar-refractivity contribution in [2.24, 2.45) is 5.92 Å². The van der Waals surface area contributed by atoms with Gasteiger partial charge in [0, 0.05) is 40.6 Å². The molecule has 1 aliphatic rings. The van der Waals surface area contributed by atoms with Gasteiger partial charge in [0.05, 0.1) is 0 Å². The van der Waals surface area contributed by atoms with Crippen molar-refractivity contribution in [2.75, 3.05) is 11.1 Å². The van der Waals surface area contributed by atoms with Crippen LogP contribution in [0.15, 0.2) is 30.6 Å². The Hall–Kier alpha value is -1.77. The molecule has 0 bridgehead atoms. The summed E-state index contributed by atoms with van der Waals surface area (Å²) < 4.78 is 0. The van der Waals surface area contributed by atoms with E-state index in [2.05, 4.69) is 23.3 Å². The number of nitrogen functional groups attached to an aromatic ring is 1. The van der Waals surface area contributed by atoms with Crippen LogP contribution in [0.25, 0.3) is 10.8 Å². The lowest BCUT2D eigenvalue weighted by molar-refractivity contribution is 0.482. The summed E-state index contributed by atoms with van der Waals surface area (Å²) in [7, 11) is 0. The van der Waals surface area contributed by atoms with Gasteiger partial charge in [-0.1, -0.05) is 12.8 Å². The highest BCUT2D eigenvalue weighted by molar-refractivity contribution is 6.00. The van der Waals surface area contributed by atoms with Gasteiger partial charge in [-0.3, -0.25) is 4.98 Å². The molecule has 3 nitrogen and oxygen atoms in total. The lowest BCUT2D eigenvalue weighted by Gasteiger charge is -2.22. The molecular weight excluding hydrogens is 234 g/mol. The van der Waals surface area contributed by atoms with Crippen LogP contribution in [0.5, 0.6) is 0 Å². The van der Waals surface area contributed by atoms with Gasteiger partial charge in [0.2, 0.25) is 0 Å². The average Bonchev–Trinajstić information content (AvgIpc) is 2.96. The van der Waals surface area contributed by atoms with Crippen LogP contribution >= 0.6 is 0 Å². The van der Waals surface area contributed by atoms with E-state index in [1.807, 2.05) is 24.5 Å².